The second-order valence-electron chi connectivity index (χ2n) is 5.14. The van der Waals surface area contributed by atoms with Gasteiger partial charge in [-0.25, -0.2) is 0 Å². The fraction of sp³-hybridized carbons (Fsp3) is 1.00. The normalized spacial score (nSPS) is 19.4. The summed E-state index contributed by atoms with van der Waals surface area (Å²) in [6.45, 7) is 3.50. The zero-order valence-electron chi connectivity index (χ0n) is 11.9. The van der Waals surface area contributed by atoms with Crippen molar-refractivity contribution >= 4 is 0 Å². The minimum absolute atomic E-state index is 0.152. The molecule has 5 nitrogen and oxygen atoms in total. The number of nitrogens with zero attached hydrogens (tertiary/aromatic N) is 2. The van der Waals surface area contributed by atoms with Crippen LogP contribution in [0.5, 0.6) is 0 Å². The second-order valence-corrected chi connectivity index (χ2v) is 5.14. The first kappa shape index (κ1) is 16.8. The largest absolute Gasteiger partial charge is 0.393 e. The van der Waals surface area contributed by atoms with Crippen LogP contribution in [0.25, 0.3) is 0 Å². The van der Waals surface area contributed by atoms with Gasteiger partial charge in [-0.1, -0.05) is 0 Å². The van der Waals surface area contributed by atoms with Crippen LogP contribution in [0.1, 0.15) is 26.7 Å². The molecular weight excluding hydrogens is 220 g/mol. The SMILES string of the molecule is CC(O)CC(OC(CC(C)O)N(C)C)N(C)C. The smallest absolute Gasteiger partial charge is 0.114 e. The summed E-state index contributed by atoms with van der Waals surface area (Å²) in [5, 5.41) is 18.9. The van der Waals surface area contributed by atoms with Gasteiger partial charge >= 0.3 is 0 Å². The van der Waals surface area contributed by atoms with E-state index in [0.717, 1.165) is 0 Å². The molecule has 0 bridgehead atoms. The molecule has 0 spiro atoms. The minimum atomic E-state index is -0.406. The predicted molar refractivity (Wildman–Crippen MR) is 68.6 cm³/mol. The van der Waals surface area contributed by atoms with Crippen molar-refractivity contribution in [1.29, 1.82) is 0 Å². The van der Waals surface area contributed by atoms with E-state index in [4.69, 9.17) is 4.74 Å². The first-order valence-corrected chi connectivity index (χ1v) is 6.08. The Morgan fingerprint density at radius 1 is 0.824 bits per heavy atom. The molecular formula is C12H28N2O3. The molecule has 0 aliphatic heterocycles. The standard InChI is InChI=1S/C12H28N2O3/c1-9(15)7-11(13(3)4)17-12(14(5)6)8-10(2)16/h9-12,15-16H,7-8H2,1-6H3. The summed E-state index contributed by atoms with van der Waals surface area (Å²) in [5.41, 5.74) is 0. The molecule has 0 aromatic rings. The molecule has 0 saturated carbocycles. The van der Waals surface area contributed by atoms with Gasteiger partial charge in [-0.05, 0) is 42.0 Å². The third-order valence-electron chi connectivity index (χ3n) is 2.55. The molecule has 17 heavy (non-hydrogen) atoms. The number of aliphatic hydroxyl groups excluding tert-OH is 2. The van der Waals surface area contributed by atoms with Crippen LogP contribution < -0.4 is 0 Å². The molecule has 0 amide bonds. The lowest BCUT2D eigenvalue weighted by Crippen LogP contribution is -2.42. The van der Waals surface area contributed by atoms with Gasteiger partial charge in [0.25, 0.3) is 0 Å². The number of aliphatic hydroxyl groups is 2. The zero-order valence-corrected chi connectivity index (χ0v) is 11.9. The van der Waals surface area contributed by atoms with Crippen molar-refractivity contribution in [3.8, 4) is 0 Å². The number of rotatable bonds is 8. The maximum absolute atomic E-state index is 9.44. The summed E-state index contributed by atoms with van der Waals surface area (Å²) in [4.78, 5) is 3.87. The second kappa shape index (κ2) is 8.00. The predicted octanol–water partition coefficient (Wildman–Crippen LogP) is 0.320. The Balaban J connectivity index is 4.45. The van der Waals surface area contributed by atoms with Gasteiger partial charge < -0.3 is 14.9 Å². The van der Waals surface area contributed by atoms with Crippen LogP contribution in [0.2, 0.25) is 0 Å². The summed E-state index contributed by atoms with van der Waals surface area (Å²) in [7, 11) is 7.68. The highest BCUT2D eigenvalue weighted by atomic mass is 16.5. The molecule has 0 aliphatic rings. The molecule has 0 heterocycles. The fourth-order valence-electron chi connectivity index (χ4n) is 1.54. The van der Waals surface area contributed by atoms with Crippen LogP contribution in [0, 0.1) is 0 Å². The molecule has 0 aliphatic carbocycles. The van der Waals surface area contributed by atoms with E-state index in [2.05, 4.69) is 0 Å². The van der Waals surface area contributed by atoms with Gasteiger partial charge in [0.15, 0.2) is 0 Å². The monoisotopic (exact) mass is 248 g/mol. The lowest BCUT2D eigenvalue weighted by atomic mass is 10.2. The van der Waals surface area contributed by atoms with Crippen molar-refractivity contribution in [3.63, 3.8) is 0 Å². The van der Waals surface area contributed by atoms with Crippen molar-refractivity contribution in [2.75, 3.05) is 28.2 Å². The summed E-state index contributed by atoms with van der Waals surface area (Å²) in [6, 6.07) is 0. The van der Waals surface area contributed by atoms with E-state index in [1.54, 1.807) is 13.8 Å². The highest BCUT2D eigenvalue weighted by molar-refractivity contribution is 4.65. The van der Waals surface area contributed by atoms with Gasteiger partial charge in [0, 0.05) is 12.8 Å². The number of hydrogen-bond donors (Lipinski definition) is 2. The van der Waals surface area contributed by atoms with Crippen molar-refractivity contribution in [1.82, 2.24) is 9.80 Å². The van der Waals surface area contributed by atoms with Gasteiger partial charge in [-0.2, -0.15) is 0 Å². The first-order valence-electron chi connectivity index (χ1n) is 6.08. The Kier molecular flexibility index (Phi) is 7.91. The number of ether oxygens (including phenoxy) is 1. The Morgan fingerprint density at radius 2 is 1.12 bits per heavy atom. The van der Waals surface area contributed by atoms with Crippen molar-refractivity contribution < 1.29 is 14.9 Å². The fourth-order valence-corrected chi connectivity index (χ4v) is 1.54. The maximum atomic E-state index is 9.44. The molecule has 2 N–H and O–H groups in total. The molecule has 104 valence electrons. The van der Waals surface area contributed by atoms with E-state index in [9.17, 15) is 10.2 Å². The van der Waals surface area contributed by atoms with Crippen LogP contribution in [0.15, 0.2) is 0 Å². The van der Waals surface area contributed by atoms with E-state index in [0.29, 0.717) is 12.8 Å². The molecule has 0 radical (unpaired) electrons. The lowest BCUT2D eigenvalue weighted by molar-refractivity contribution is -0.153. The lowest BCUT2D eigenvalue weighted by Gasteiger charge is -2.33. The molecule has 4 atom stereocenters. The zero-order chi connectivity index (χ0) is 13.6. The maximum Gasteiger partial charge on any atom is 0.114 e. The highest BCUT2D eigenvalue weighted by Crippen LogP contribution is 2.13. The van der Waals surface area contributed by atoms with E-state index < -0.39 is 12.2 Å². The summed E-state index contributed by atoms with van der Waals surface area (Å²) < 4.78 is 5.93. The van der Waals surface area contributed by atoms with E-state index in [1.807, 2.05) is 38.0 Å². The minimum Gasteiger partial charge on any atom is -0.393 e. The summed E-state index contributed by atoms with van der Waals surface area (Å²) in [5.74, 6) is 0. The Bertz CT molecular complexity index is 176. The molecule has 0 rings (SSSR count). The Labute approximate surface area is 105 Å². The topological polar surface area (TPSA) is 56.2 Å². The summed E-state index contributed by atoms with van der Waals surface area (Å²) in [6.07, 6.45) is -0.00952. The molecule has 0 fully saturated rings. The van der Waals surface area contributed by atoms with E-state index >= 15 is 0 Å². The summed E-state index contributed by atoms with van der Waals surface area (Å²) >= 11 is 0. The highest BCUT2D eigenvalue weighted by Gasteiger charge is 2.22. The third kappa shape index (κ3) is 7.68. The first-order chi connectivity index (χ1) is 7.73. The molecule has 0 aromatic heterocycles. The quantitative estimate of drug-likeness (QED) is 0.606. The van der Waals surface area contributed by atoms with Crippen LogP contribution in [-0.4, -0.2) is 72.9 Å². The van der Waals surface area contributed by atoms with Gasteiger partial charge in [0.1, 0.15) is 12.5 Å². The van der Waals surface area contributed by atoms with Crippen LogP contribution >= 0.6 is 0 Å². The van der Waals surface area contributed by atoms with E-state index in [1.165, 1.54) is 0 Å². The van der Waals surface area contributed by atoms with Crippen molar-refractivity contribution in [2.24, 2.45) is 0 Å². The van der Waals surface area contributed by atoms with Gasteiger partial charge in [-0.15, -0.1) is 0 Å². The van der Waals surface area contributed by atoms with Crippen LogP contribution in [0.4, 0.5) is 0 Å². The third-order valence-corrected chi connectivity index (χ3v) is 2.55. The molecule has 0 aromatic carbocycles. The van der Waals surface area contributed by atoms with Crippen molar-refractivity contribution in [2.45, 2.75) is 51.4 Å². The number of hydrogen-bond acceptors (Lipinski definition) is 5. The molecule has 0 saturated heterocycles. The van der Waals surface area contributed by atoms with Crippen LogP contribution in [0.3, 0.4) is 0 Å². The Morgan fingerprint density at radius 3 is 1.29 bits per heavy atom. The molecule has 5 heteroatoms. The van der Waals surface area contributed by atoms with Crippen molar-refractivity contribution in [3.05, 3.63) is 0 Å². The van der Waals surface area contributed by atoms with Crippen LogP contribution in [-0.2, 0) is 4.74 Å². The average Bonchev–Trinajstić information content (AvgIpc) is 2.13. The molecule has 4 unspecified atom stereocenters. The van der Waals surface area contributed by atoms with Gasteiger partial charge in [-0.3, -0.25) is 9.80 Å². The Hall–Kier alpha value is -0.200. The average molecular weight is 248 g/mol. The van der Waals surface area contributed by atoms with Gasteiger partial charge in [0.2, 0.25) is 0 Å². The van der Waals surface area contributed by atoms with E-state index in [-0.39, 0.29) is 12.5 Å². The van der Waals surface area contributed by atoms with Gasteiger partial charge in [0.05, 0.1) is 12.2 Å².